The molecule has 0 aliphatic heterocycles. The maximum atomic E-state index is 11.1. The second kappa shape index (κ2) is 25.4. The Kier molecular flexibility index (Phi) is 30.4. The van der Waals surface area contributed by atoms with Crippen molar-refractivity contribution in [2.45, 2.75) is 47.0 Å². The van der Waals surface area contributed by atoms with E-state index >= 15 is 0 Å². The smallest absolute Gasteiger partial charge is 1.00 e. The number of amidine groups is 1. The van der Waals surface area contributed by atoms with Crippen LogP contribution in [0.2, 0.25) is 0 Å². The summed E-state index contributed by atoms with van der Waals surface area (Å²) in [5, 5.41) is 15.7. The van der Waals surface area contributed by atoms with E-state index in [-0.39, 0.29) is 146 Å². The third kappa shape index (κ3) is 22.4. The molecule has 0 unspecified atom stereocenters. The molecule has 3 aromatic rings. The van der Waals surface area contributed by atoms with Crippen molar-refractivity contribution in [2.24, 2.45) is 11.1 Å². The monoisotopic (exact) mass is 830 g/mol. The van der Waals surface area contributed by atoms with Crippen LogP contribution in [0, 0.1) is 10.8 Å². The maximum absolute atomic E-state index is 11.1. The molecule has 0 atom stereocenters. The molecule has 14 heteroatoms. The molecule has 0 saturated carbocycles. The number of ketones is 1. The normalized spacial score (nSPS) is 9.61. The summed E-state index contributed by atoms with van der Waals surface area (Å²) < 4.78 is 2.08. The standard InChI is InChI=1S/C13H15BrN2.C8H6Br2O.C5H12N2.CH2O3.ClH.2K.H/c1-13(2,3)12-15-8-11(16-12)9-4-6-10(14)7-5-9;9-5-8(11)6-1-3-7(10)4-2-6;1-5(2,3)4(6)7;2-1-4-3;;;;/h4-8H,1-3H3,(H,15,16);1-4H,5H2;1-3H3,(H3,6,7);1,3H;1H;;;/q;;;;;2*+1;-1/p-1. The van der Waals surface area contributed by atoms with Gasteiger partial charge in [-0.05, 0) is 29.8 Å². The van der Waals surface area contributed by atoms with E-state index in [9.17, 15) is 4.79 Å². The van der Waals surface area contributed by atoms with Crippen LogP contribution in [0.4, 0.5) is 0 Å². The molecule has 41 heavy (non-hydrogen) atoms. The Bertz CT molecular complexity index is 1160. The van der Waals surface area contributed by atoms with Crippen LogP contribution in [0.25, 0.3) is 11.3 Å². The molecule has 4 N–H and O–H groups in total. The molecule has 0 amide bonds. The number of benzene rings is 2. The van der Waals surface area contributed by atoms with E-state index in [1.165, 1.54) is 0 Å². The molecule has 2 aromatic carbocycles. The van der Waals surface area contributed by atoms with Gasteiger partial charge in [0.1, 0.15) is 5.82 Å². The molecule has 1 heterocycles. The number of aromatic amines is 1. The maximum Gasteiger partial charge on any atom is 1.00 e. The first-order valence-electron chi connectivity index (χ1n) is 11.3. The summed E-state index contributed by atoms with van der Waals surface area (Å²) in [5.74, 6) is 1.37. The van der Waals surface area contributed by atoms with Gasteiger partial charge in [-0.1, -0.05) is 114 Å². The first-order valence-corrected chi connectivity index (χ1v) is 14.0. The molecule has 218 valence electrons. The molecule has 1 aromatic heterocycles. The van der Waals surface area contributed by atoms with Crippen molar-refractivity contribution >= 4 is 78.3 Å². The number of alkyl halides is 1. The van der Waals surface area contributed by atoms with E-state index < -0.39 is 0 Å². The van der Waals surface area contributed by atoms with E-state index in [2.05, 4.69) is 95.5 Å². The van der Waals surface area contributed by atoms with Crippen molar-refractivity contribution in [1.29, 1.82) is 5.41 Å². The molecule has 0 fully saturated rings. The Morgan fingerprint density at radius 1 is 1.02 bits per heavy atom. The molecular weight excluding hydrogens is 798 g/mol. The van der Waals surface area contributed by atoms with Crippen LogP contribution < -0.4 is 114 Å². The molecule has 8 nitrogen and oxygen atoms in total. The van der Waals surface area contributed by atoms with Crippen molar-refractivity contribution in [3.05, 3.63) is 75.1 Å². The van der Waals surface area contributed by atoms with Gasteiger partial charge in [0, 0.05) is 25.3 Å². The van der Waals surface area contributed by atoms with Gasteiger partial charge < -0.3 is 22.3 Å². The van der Waals surface area contributed by atoms with E-state index in [1.807, 2.05) is 51.2 Å². The van der Waals surface area contributed by atoms with E-state index in [0.717, 1.165) is 31.6 Å². The number of carbonyl (C=O) groups is 2. The fourth-order valence-corrected chi connectivity index (χ4v) is 3.04. The van der Waals surface area contributed by atoms with Crippen LogP contribution in [0.1, 0.15) is 59.2 Å². The predicted molar refractivity (Wildman–Crippen MR) is 170 cm³/mol. The van der Waals surface area contributed by atoms with Gasteiger partial charge in [-0.3, -0.25) is 15.0 Å². The summed E-state index contributed by atoms with van der Waals surface area (Å²) in [6.07, 6.45) is 1.89. The van der Waals surface area contributed by atoms with Crippen LogP contribution in [0.5, 0.6) is 0 Å². The topological polar surface area (TPSA) is 145 Å². The zero-order valence-corrected chi connectivity index (χ0v) is 36.5. The minimum Gasteiger partial charge on any atom is -1.00 e. The number of imidazole rings is 1. The Morgan fingerprint density at radius 2 is 1.41 bits per heavy atom. The summed E-state index contributed by atoms with van der Waals surface area (Å²) in [5.41, 5.74) is 8.04. The number of halogens is 4. The minimum absolute atomic E-state index is 0. The Balaban J connectivity index is -0.000000155. The molecule has 3 rings (SSSR count). The molecule has 0 aliphatic carbocycles. The van der Waals surface area contributed by atoms with Crippen LogP contribution >= 0.6 is 60.2 Å². The van der Waals surface area contributed by atoms with Crippen LogP contribution in [0.15, 0.2) is 63.7 Å². The van der Waals surface area contributed by atoms with Crippen molar-refractivity contribution in [3.8, 4) is 11.3 Å². The first kappa shape index (κ1) is 49.1. The third-order valence-corrected chi connectivity index (χ3v) is 6.14. The largest absolute Gasteiger partial charge is 1.00 e. The van der Waals surface area contributed by atoms with Gasteiger partial charge in [-0.2, -0.15) is 0 Å². The first-order chi connectivity index (χ1) is 17.6. The minimum atomic E-state index is -0.181. The van der Waals surface area contributed by atoms with Gasteiger partial charge in [-0.15, -0.1) is 12.4 Å². The number of hydrogen-bond donors (Lipinski definition) is 3. The van der Waals surface area contributed by atoms with Crippen molar-refractivity contribution < 1.29 is 124 Å². The van der Waals surface area contributed by atoms with Gasteiger partial charge in [0.2, 0.25) is 0 Å². The number of nitrogens with zero attached hydrogens (tertiary/aromatic N) is 1. The van der Waals surface area contributed by atoms with E-state index in [4.69, 9.17) is 21.2 Å². The molecule has 0 aliphatic rings. The molecule has 0 spiro atoms. The summed E-state index contributed by atoms with van der Waals surface area (Å²) in [6.45, 7) is 12.0. The molecule has 0 bridgehead atoms. The van der Waals surface area contributed by atoms with Gasteiger partial charge in [-0.25, -0.2) is 4.98 Å². The Morgan fingerprint density at radius 3 is 1.71 bits per heavy atom. The second-order valence-electron chi connectivity index (χ2n) is 9.82. The summed E-state index contributed by atoms with van der Waals surface area (Å²) in [7, 11) is 0. The van der Waals surface area contributed by atoms with E-state index in [0.29, 0.717) is 5.33 Å². The van der Waals surface area contributed by atoms with Crippen LogP contribution in [0.3, 0.4) is 0 Å². The Hall–Kier alpha value is 1.22. The summed E-state index contributed by atoms with van der Waals surface area (Å²) in [4.78, 5) is 30.1. The van der Waals surface area contributed by atoms with Crippen molar-refractivity contribution in [1.82, 2.24) is 9.97 Å². The fraction of sp³-hybridized carbons (Fsp3) is 0.333. The van der Waals surface area contributed by atoms with Crippen LogP contribution in [-0.2, 0) is 15.1 Å². The molecule has 0 radical (unpaired) electrons. The Labute approximate surface area is 361 Å². The van der Waals surface area contributed by atoms with Gasteiger partial charge >= 0.3 is 103 Å². The van der Waals surface area contributed by atoms with Crippen molar-refractivity contribution in [3.63, 3.8) is 0 Å². The quantitative estimate of drug-likeness (QED) is 0.0526. The number of H-pyrrole nitrogens is 1. The predicted octanol–water partition coefficient (Wildman–Crippen LogP) is 1.11. The zero-order chi connectivity index (χ0) is 29.5. The number of carbonyl (C=O) groups excluding carboxylic acids is 2. The number of Topliss-reactive ketones (excluding diaryl/α,β-unsaturated/α-hetero) is 1. The molecule has 0 saturated heterocycles. The number of nitrogens with two attached hydrogens (primary N) is 1. The zero-order valence-electron chi connectivity index (χ0n) is 25.7. The summed E-state index contributed by atoms with van der Waals surface area (Å²) in [6, 6.07) is 15.5. The van der Waals surface area contributed by atoms with Gasteiger partial charge in [0.25, 0.3) is 6.47 Å². The second-order valence-corrected chi connectivity index (χ2v) is 12.2. The van der Waals surface area contributed by atoms with Gasteiger partial charge in [0.15, 0.2) is 5.78 Å². The number of hydrogen-bond acceptors (Lipinski definition) is 6. The van der Waals surface area contributed by atoms with E-state index in [1.54, 1.807) is 12.1 Å². The third-order valence-electron chi connectivity index (χ3n) is 4.58. The number of aromatic nitrogens is 2. The SMILES string of the molecule is CC(C)(C)C(=N)N.CC(C)(C)c1ncc(-c2ccc(Br)cc2)[nH]1.Cl.O=C(CBr)c1ccc(Br)cc1.O=CO[O-].[H-].[K+].[K+]. The number of rotatable bonds is 4. The van der Waals surface area contributed by atoms with Gasteiger partial charge in [0.05, 0.1) is 23.1 Å². The fourth-order valence-electron chi connectivity index (χ4n) is 2.19. The van der Waals surface area contributed by atoms with Crippen LogP contribution in [-0.4, -0.2) is 33.4 Å². The van der Waals surface area contributed by atoms with Crippen molar-refractivity contribution in [2.75, 3.05) is 5.33 Å². The molecular formula is C27H36Br3ClK2N4O4. The average molecular weight is 834 g/mol. The summed E-state index contributed by atoms with van der Waals surface area (Å²) >= 11 is 9.83. The number of nitrogens with one attached hydrogen (secondary N) is 2. The average Bonchev–Trinajstić information content (AvgIpc) is 3.36.